The lowest BCUT2D eigenvalue weighted by Gasteiger charge is -2.47. The first kappa shape index (κ1) is 26.4. The second-order valence-electron chi connectivity index (χ2n) is 13.1. The lowest BCUT2D eigenvalue weighted by molar-refractivity contribution is 0.729. The summed E-state index contributed by atoms with van der Waals surface area (Å²) in [6, 6.07) is 58.8. The van der Waals surface area contributed by atoms with Crippen LogP contribution in [0.1, 0.15) is 33.4 Å². The molecule has 1 aliphatic rings. The molecule has 0 radical (unpaired) electrons. The third-order valence-corrected chi connectivity index (χ3v) is 10.5. The molecule has 0 fully saturated rings. The molecule has 9 aromatic rings. The van der Waals surface area contributed by atoms with Gasteiger partial charge in [0.25, 0.3) is 0 Å². The van der Waals surface area contributed by atoms with Crippen LogP contribution in [-0.2, 0) is 5.41 Å². The highest BCUT2D eigenvalue weighted by Gasteiger charge is 2.46. The zero-order chi connectivity index (χ0) is 31.3. The first-order valence-corrected chi connectivity index (χ1v) is 16.4. The number of rotatable bonds is 3. The van der Waals surface area contributed by atoms with Crippen molar-refractivity contribution in [2.24, 2.45) is 0 Å². The normalized spacial score (nSPS) is 13.9. The molecule has 0 spiro atoms. The standard InChI is InChI=1S/C45H32N2/c1-29-20-23-42-38(26-29)45(31-12-5-3-6-13-31,32-14-7-4-8-15-32)39-27-30(2)21-24-43(39)46(42)33-22-25-41-37(28-33)36-18-11-17-35-34-16-9-10-19-40(34)47(41)44(35)36/h3-28H,1-2H3. The molecule has 7 aromatic carbocycles. The van der Waals surface area contributed by atoms with Gasteiger partial charge in [0.2, 0.25) is 0 Å². The van der Waals surface area contributed by atoms with Crippen molar-refractivity contribution in [3.8, 4) is 0 Å². The van der Waals surface area contributed by atoms with Crippen LogP contribution < -0.4 is 4.90 Å². The summed E-state index contributed by atoms with van der Waals surface area (Å²) in [7, 11) is 0. The summed E-state index contributed by atoms with van der Waals surface area (Å²) in [5.41, 5.74) is 14.6. The average Bonchev–Trinajstić information content (AvgIpc) is 3.63. The second-order valence-corrected chi connectivity index (χ2v) is 13.1. The van der Waals surface area contributed by atoms with Crippen LogP contribution in [-0.4, -0.2) is 4.40 Å². The fourth-order valence-electron chi connectivity index (χ4n) is 8.57. The maximum absolute atomic E-state index is 2.50. The van der Waals surface area contributed by atoms with Crippen LogP contribution in [0.4, 0.5) is 17.1 Å². The maximum atomic E-state index is 2.50. The van der Waals surface area contributed by atoms with Crippen LogP contribution in [0.25, 0.3) is 38.1 Å². The Labute approximate surface area is 274 Å². The lowest BCUT2D eigenvalue weighted by Crippen LogP contribution is -2.38. The summed E-state index contributed by atoms with van der Waals surface area (Å²) in [5.74, 6) is 0. The molecule has 47 heavy (non-hydrogen) atoms. The summed E-state index contributed by atoms with van der Waals surface area (Å²) in [4.78, 5) is 2.50. The van der Waals surface area contributed by atoms with E-state index in [4.69, 9.17) is 0 Å². The Morgan fingerprint density at radius 3 is 1.60 bits per heavy atom. The predicted molar refractivity (Wildman–Crippen MR) is 197 cm³/mol. The molecule has 222 valence electrons. The van der Waals surface area contributed by atoms with Crippen molar-refractivity contribution in [2.45, 2.75) is 19.3 Å². The molecule has 1 aliphatic heterocycles. The molecule has 3 heterocycles. The fourth-order valence-corrected chi connectivity index (χ4v) is 8.57. The topological polar surface area (TPSA) is 7.65 Å². The third kappa shape index (κ3) is 3.45. The van der Waals surface area contributed by atoms with Gasteiger partial charge in [-0.05, 0) is 72.5 Å². The molecule has 2 aromatic heterocycles. The molecule has 0 atom stereocenters. The molecule has 0 bridgehead atoms. The minimum absolute atomic E-state index is 0.485. The van der Waals surface area contributed by atoms with Gasteiger partial charge in [0.05, 0.1) is 33.3 Å². The molecular weight excluding hydrogens is 569 g/mol. The van der Waals surface area contributed by atoms with Crippen molar-refractivity contribution < 1.29 is 0 Å². The highest BCUT2D eigenvalue weighted by Crippen LogP contribution is 2.58. The van der Waals surface area contributed by atoms with Crippen molar-refractivity contribution in [3.63, 3.8) is 0 Å². The van der Waals surface area contributed by atoms with Gasteiger partial charge in [0.15, 0.2) is 0 Å². The molecule has 0 unspecified atom stereocenters. The Kier molecular flexibility index (Phi) is 5.37. The Morgan fingerprint density at radius 2 is 0.957 bits per heavy atom. The van der Waals surface area contributed by atoms with E-state index in [0.29, 0.717) is 0 Å². The van der Waals surface area contributed by atoms with E-state index in [1.165, 1.54) is 88.5 Å². The Bertz CT molecular complexity index is 2550. The van der Waals surface area contributed by atoms with E-state index in [-0.39, 0.29) is 0 Å². The van der Waals surface area contributed by atoms with Gasteiger partial charge >= 0.3 is 0 Å². The van der Waals surface area contributed by atoms with Gasteiger partial charge in [-0.2, -0.15) is 0 Å². The lowest BCUT2D eigenvalue weighted by atomic mass is 9.62. The molecular formula is C45H32N2. The number of aryl methyl sites for hydroxylation is 2. The van der Waals surface area contributed by atoms with Crippen molar-refractivity contribution >= 4 is 55.2 Å². The van der Waals surface area contributed by atoms with Crippen molar-refractivity contribution in [2.75, 3.05) is 4.90 Å². The van der Waals surface area contributed by atoms with Crippen molar-refractivity contribution in [1.29, 1.82) is 0 Å². The number of aromatic nitrogens is 1. The van der Waals surface area contributed by atoms with Gasteiger partial charge in [-0.1, -0.05) is 132 Å². The molecule has 2 heteroatoms. The number of benzene rings is 7. The number of hydrogen-bond acceptors (Lipinski definition) is 1. The van der Waals surface area contributed by atoms with Crippen molar-refractivity contribution in [3.05, 3.63) is 191 Å². The number of nitrogens with zero attached hydrogens (tertiary/aromatic N) is 2. The summed E-state index contributed by atoms with van der Waals surface area (Å²) in [6.45, 7) is 4.43. The van der Waals surface area contributed by atoms with E-state index in [9.17, 15) is 0 Å². The van der Waals surface area contributed by atoms with E-state index < -0.39 is 5.41 Å². The zero-order valence-electron chi connectivity index (χ0n) is 26.4. The Hall–Kier alpha value is -5.86. The Morgan fingerprint density at radius 1 is 0.426 bits per heavy atom. The van der Waals surface area contributed by atoms with Crippen LogP contribution in [0.3, 0.4) is 0 Å². The minimum Gasteiger partial charge on any atom is -0.310 e. The van der Waals surface area contributed by atoms with Crippen molar-refractivity contribution in [1.82, 2.24) is 4.40 Å². The monoisotopic (exact) mass is 600 g/mol. The van der Waals surface area contributed by atoms with E-state index in [0.717, 1.165) is 0 Å². The average molecular weight is 601 g/mol. The summed E-state index contributed by atoms with van der Waals surface area (Å²) >= 11 is 0. The van der Waals surface area contributed by atoms with Gasteiger partial charge < -0.3 is 9.30 Å². The first-order chi connectivity index (χ1) is 23.1. The fraction of sp³-hybridized carbons (Fsp3) is 0.0667. The van der Waals surface area contributed by atoms with Crippen LogP contribution in [0.15, 0.2) is 158 Å². The van der Waals surface area contributed by atoms with Crippen LogP contribution in [0, 0.1) is 13.8 Å². The molecule has 0 saturated heterocycles. The van der Waals surface area contributed by atoms with Gasteiger partial charge in [0.1, 0.15) is 0 Å². The van der Waals surface area contributed by atoms with Crippen LogP contribution in [0.5, 0.6) is 0 Å². The van der Waals surface area contributed by atoms with E-state index in [1.54, 1.807) is 0 Å². The molecule has 0 aliphatic carbocycles. The quantitative estimate of drug-likeness (QED) is 0.196. The highest BCUT2D eigenvalue weighted by molar-refractivity contribution is 6.23. The van der Waals surface area contributed by atoms with Gasteiger partial charge in [-0.3, -0.25) is 0 Å². The smallest absolute Gasteiger partial charge is 0.0742 e. The van der Waals surface area contributed by atoms with Gasteiger partial charge in [-0.15, -0.1) is 0 Å². The number of para-hydroxylation sites is 2. The summed E-state index contributed by atoms with van der Waals surface area (Å²) in [5, 5.41) is 5.19. The van der Waals surface area contributed by atoms with Gasteiger partial charge in [0, 0.05) is 27.2 Å². The van der Waals surface area contributed by atoms with Gasteiger partial charge in [-0.25, -0.2) is 0 Å². The van der Waals surface area contributed by atoms with E-state index in [2.05, 4.69) is 181 Å². The number of anilines is 3. The zero-order valence-corrected chi connectivity index (χ0v) is 26.4. The van der Waals surface area contributed by atoms with Crippen LogP contribution in [0.2, 0.25) is 0 Å². The molecule has 2 nitrogen and oxygen atoms in total. The third-order valence-electron chi connectivity index (χ3n) is 10.5. The molecule has 10 rings (SSSR count). The summed E-state index contributed by atoms with van der Waals surface area (Å²) < 4.78 is 2.46. The first-order valence-electron chi connectivity index (χ1n) is 16.4. The predicted octanol–water partition coefficient (Wildman–Crippen LogP) is 11.6. The molecule has 0 saturated carbocycles. The highest BCUT2D eigenvalue weighted by atomic mass is 15.2. The van der Waals surface area contributed by atoms with Crippen LogP contribution >= 0.6 is 0 Å². The largest absolute Gasteiger partial charge is 0.310 e. The Balaban J connectivity index is 1.31. The second kappa shape index (κ2) is 9.57. The number of fused-ring (bicyclic) bond motifs is 8. The minimum atomic E-state index is -0.485. The molecule has 0 N–H and O–H groups in total. The number of hydrogen-bond donors (Lipinski definition) is 0. The van der Waals surface area contributed by atoms with E-state index >= 15 is 0 Å². The molecule has 0 amide bonds. The summed E-state index contributed by atoms with van der Waals surface area (Å²) in [6.07, 6.45) is 0. The van der Waals surface area contributed by atoms with E-state index in [1.807, 2.05) is 0 Å². The SMILES string of the molecule is Cc1ccc2c(c1)C(c1ccccc1)(c1ccccc1)c1cc(C)ccc1N2c1ccc2c(c1)c1cccc3c4ccccc4n2c31. The maximum Gasteiger partial charge on any atom is 0.0742 e.